The lowest BCUT2D eigenvalue weighted by Crippen LogP contribution is -2.28. The summed E-state index contributed by atoms with van der Waals surface area (Å²) in [4.78, 5) is 26.9. The monoisotopic (exact) mass is 370 g/mol. The predicted octanol–water partition coefficient (Wildman–Crippen LogP) is 4.46. The van der Waals surface area contributed by atoms with Gasteiger partial charge in [0.25, 0.3) is 0 Å². The summed E-state index contributed by atoms with van der Waals surface area (Å²) in [6.45, 7) is 4.52. The van der Waals surface area contributed by atoms with Gasteiger partial charge in [-0.15, -0.1) is 0 Å². The minimum Gasteiger partial charge on any atom is -0.325 e. The molecule has 1 heterocycles. The second-order valence-electron chi connectivity index (χ2n) is 6.53. The van der Waals surface area contributed by atoms with E-state index in [4.69, 9.17) is 11.6 Å². The summed E-state index contributed by atoms with van der Waals surface area (Å²) in [5.41, 5.74) is 3.87. The van der Waals surface area contributed by atoms with Crippen LogP contribution in [0.2, 0.25) is 5.02 Å². The molecule has 5 heteroatoms. The average molecular weight is 371 g/mol. The maximum Gasteiger partial charge on any atom is 0.229 e. The molecule has 1 saturated heterocycles. The highest BCUT2D eigenvalue weighted by molar-refractivity contribution is 6.31. The first-order valence-corrected chi connectivity index (χ1v) is 9.38. The van der Waals surface area contributed by atoms with Gasteiger partial charge in [0.05, 0.1) is 5.92 Å². The number of nitrogens with zero attached hydrogens (tertiary/aromatic N) is 1. The van der Waals surface area contributed by atoms with E-state index in [0.29, 0.717) is 11.6 Å². The zero-order valence-corrected chi connectivity index (χ0v) is 15.8. The number of halogens is 1. The number of hydrogen-bond acceptors (Lipinski definition) is 2. The van der Waals surface area contributed by atoms with Crippen molar-refractivity contribution in [1.82, 2.24) is 0 Å². The highest BCUT2D eigenvalue weighted by Gasteiger charge is 2.35. The number of carbonyl (C=O) groups excluding carboxylic acids is 2. The largest absolute Gasteiger partial charge is 0.325 e. The van der Waals surface area contributed by atoms with Gasteiger partial charge in [0, 0.05) is 29.4 Å². The molecule has 26 heavy (non-hydrogen) atoms. The Morgan fingerprint density at radius 2 is 1.81 bits per heavy atom. The number of amides is 2. The number of benzene rings is 2. The molecule has 0 radical (unpaired) electrons. The van der Waals surface area contributed by atoms with E-state index in [1.807, 2.05) is 30.3 Å². The lowest BCUT2D eigenvalue weighted by Gasteiger charge is -2.18. The van der Waals surface area contributed by atoms with Crippen LogP contribution in [0.1, 0.15) is 31.4 Å². The Hall–Kier alpha value is -2.33. The third kappa shape index (κ3) is 3.75. The van der Waals surface area contributed by atoms with Gasteiger partial charge in [-0.25, -0.2) is 0 Å². The summed E-state index contributed by atoms with van der Waals surface area (Å²) >= 11 is 6.03. The van der Waals surface area contributed by atoms with E-state index in [1.165, 1.54) is 0 Å². The van der Waals surface area contributed by atoms with Crippen LogP contribution in [0.3, 0.4) is 0 Å². The van der Waals surface area contributed by atoms with E-state index in [2.05, 4.69) is 19.2 Å². The Morgan fingerprint density at radius 1 is 1.15 bits per heavy atom. The molecule has 0 aliphatic carbocycles. The van der Waals surface area contributed by atoms with Crippen LogP contribution in [0.5, 0.6) is 0 Å². The second kappa shape index (κ2) is 7.92. The zero-order valence-electron chi connectivity index (χ0n) is 15.1. The van der Waals surface area contributed by atoms with Crippen molar-refractivity contribution in [1.29, 1.82) is 0 Å². The smallest absolute Gasteiger partial charge is 0.229 e. The van der Waals surface area contributed by atoms with Gasteiger partial charge >= 0.3 is 0 Å². The molecule has 0 unspecified atom stereocenters. The minimum atomic E-state index is -0.365. The van der Waals surface area contributed by atoms with Crippen LogP contribution in [-0.2, 0) is 22.4 Å². The Kier molecular flexibility index (Phi) is 5.62. The Labute approximate surface area is 159 Å². The van der Waals surface area contributed by atoms with Crippen molar-refractivity contribution in [3.8, 4) is 0 Å². The van der Waals surface area contributed by atoms with Gasteiger partial charge in [-0.2, -0.15) is 0 Å². The van der Waals surface area contributed by atoms with Gasteiger partial charge in [0.15, 0.2) is 0 Å². The lowest BCUT2D eigenvalue weighted by molar-refractivity contribution is -0.122. The third-order valence-electron chi connectivity index (χ3n) is 4.86. The van der Waals surface area contributed by atoms with Crippen LogP contribution in [0.25, 0.3) is 0 Å². The van der Waals surface area contributed by atoms with Gasteiger partial charge in [-0.1, -0.05) is 49.7 Å². The molecule has 3 rings (SSSR count). The van der Waals surface area contributed by atoms with E-state index < -0.39 is 0 Å². The standard InChI is InChI=1S/C21H23ClN2O2/c1-3-14-7-5-8-15(4-2)20(14)23-21(26)16-11-19(25)24(13-16)18-10-6-9-17(22)12-18/h5-10,12,16H,3-4,11,13H2,1-2H3,(H,23,26)/t16-/m1/s1. The summed E-state index contributed by atoms with van der Waals surface area (Å²) in [7, 11) is 0. The molecule has 1 N–H and O–H groups in total. The first-order chi connectivity index (χ1) is 12.5. The van der Waals surface area contributed by atoms with Crippen molar-refractivity contribution in [2.24, 2.45) is 5.92 Å². The fourth-order valence-electron chi connectivity index (χ4n) is 3.41. The van der Waals surface area contributed by atoms with Crippen LogP contribution in [-0.4, -0.2) is 18.4 Å². The van der Waals surface area contributed by atoms with Gasteiger partial charge in [0.2, 0.25) is 11.8 Å². The molecule has 0 saturated carbocycles. The molecule has 136 valence electrons. The molecule has 1 atom stereocenters. The maximum absolute atomic E-state index is 12.8. The van der Waals surface area contributed by atoms with E-state index in [1.54, 1.807) is 17.0 Å². The summed E-state index contributed by atoms with van der Waals surface area (Å²) < 4.78 is 0. The van der Waals surface area contributed by atoms with Crippen LogP contribution in [0.15, 0.2) is 42.5 Å². The summed E-state index contributed by atoms with van der Waals surface area (Å²) in [5.74, 6) is -0.513. The normalized spacial score (nSPS) is 16.8. The van der Waals surface area contributed by atoms with Crippen LogP contribution in [0, 0.1) is 5.92 Å². The minimum absolute atomic E-state index is 0.0492. The van der Waals surface area contributed by atoms with Crippen molar-refractivity contribution in [2.75, 3.05) is 16.8 Å². The van der Waals surface area contributed by atoms with Crippen molar-refractivity contribution in [3.05, 3.63) is 58.6 Å². The average Bonchev–Trinajstić information content (AvgIpc) is 3.03. The molecule has 0 aromatic heterocycles. The fraction of sp³-hybridized carbons (Fsp3) is 0.333. The first-order valence-electron chi connectivity index (χ1n) is 9.01. The number of para-hydroxylation sites is 1. The Morgan fingerprint density at radius 3 is 2.42 bits per heavy atom. The van der Waals surface area contributed by atoms with Crippen molar-refractivity contribution >= 4 is 34.8 Å². The van der Waals surface area contributed by atoms with E-state index in [-0.39, 0.29) is 24.2 Å². The zero-order chi connectivity index (χ0) is 18.7. The molecular formula is C21H23ClN2O2. The second-order valence-corrected chi connectivity index (χ2v) is 6.97. The molecule has 0 bridgehead atoms. The van der Waals surface area contributed by atoms with E-state index in [9.17, 15) is 9.59 Å². The molecule has 2 amide bonds. The Bertz CT molecular complexity index is 812. The molecule has 1 aliphatic heterocycles. The van der Waals surface area contributed by atoms with Crippen molar-refractivity contribution in [3.63, 3.8) is 0 Å². The number of carbonyl (C=O) groups is 2. The molecule has 0 spiro atoms. The quantitative estimate of drug-likeness (QED) is 0.844. The predicted molar refractivity (Wildman–Crippen MR) is 106 cm³/mol. The number of aryl methyl sites for hydroxylation is 2. The van der Waals surface area contributed by atoms with Gasteiger partial charge in [-0.3, -0.25) is 9.59 Å². The van der Waals surface area contributed by atoms with Gasteiger partial charge in [0.1, 0.15) is 0 Å². The summed E-state index contributed by atoms with van der Waals surface area (Å²) in [5, 5.41) is 3.66. The van der Waals surface area contributed by atoms with Crippen LogP contribution >= 0.6 is 11.6 Å². The summed E-state index contributed by atoms with van der Waals surface area (Å²) in [6, 6.07) is 13.3. The van der Waals surface area contributed by atoms with Crippen LogP contribution < -0.4 is 10.2 Å². The Balaban J connectivity index is 1.77. The molecule has 2 aromatic carbocycles. The lowest BCUT2D eigenvalue weighted by atomic mass is 10.0. The maximum atomic E-state index is 12.8. The molecule has 2 aromatic rings. The topological polar surface area (TPSA) is 49.4 Å². The van der Waals surface area contributed by atoms with Crippen molar-refractivity contribution < 1.29 is 9.59 Å². The SMILES string of the molecule is CCc1cccc(CC)c1NC(=O)[C@@H]1CC(=O)N(c2cccc(Cl)c2)C1. The highest BCUT2D eigenvalue weighted by atomic mass is 35.5. The molecule has 1 fully saturated rings. The van der Waals surface area contributed by atoms with Gasteiger partial charge in [-0.05, 0) is 42.2 Å². The number of nitrogens with one attached hydrogen (secondary N) is 1. The van der Waals surface area contributed by atoms with Crippen LogP contribution in [0.4, 0.5) is 11.4 Å². The summed E-state index contributed by atoms with van der Waals surface area (Å²) in [6.07, 6.45) is 1.91. The van der Waals surface area contributed by atoms with Crippen molar-refractivity contribution in [2.45, 2.75) is 33.1 Å². The van der Waals surface area contributed by atoms with Gasteiger partial charge < -0.3 is 10.2 Å². The highest BCUT2D eigenvalue weighted by Crippen LogP contribution is 2.29. The van der Waals surface area contributed by atoms with E-state index >= 15 is 0 Å². The third-order valence-corrected chi connectivity index (χ3v) is 5.10. The number of rotatable bonds is 5. The molecular weight excluding hydrogens is 348 g/mol. The number of anilines is 2. The molecule has 1 aliphatic rings. The van der Waals surface area contributed by atoms with E-state index in [0.717, 1.165) is 35.3 Å². The fourth-order valence-corrected chi connectivity index (χ4v) is 3.59. The number of hydrogen-bond donors (Lipinski definition) is 1. The molecule has 4 nitrogen and oxygen atoms in total. The first kappa shape index (κ1) is 18.5.